The molecule has 0 saturated carbocycles. The van der Waals surface area contributed by atoms with E-state index in [1.807, 2.05) is 20.8 Å². The van der Waals surface area contributed by atoms with Crippen LogP contribution < -0.4 is 10.9 Å². The van der Waals surface area contributed by atoms with Gasteiger partial charge in [0, 0.05) is 30.0 Å². The second-order valence-corrected chi connectivity index (χ2v) is 5.99. The highest BCUT2D eigenvalue weighted by atomic mass is 32.2. The van der Waals surface area contributed by atoms with Gasteiger partial charge in [0.05, 0.1) is 6.04 Å². The Bertz CT molecular complexity index is 568. The fraction of sp³-hybridized carbons (Fsp3) is 0.643. The molecule has 110 valence electrons. The van der Waals surface area contributed by atoms with E-state index in [9.17, 15) is 9.59 Å². The van der Waals surface area contributed by atoms with E-state index in [-0.39, 0.29) is 17.5 Å². The van der Waals surface area contributed by atoms with Gasteiger partial charge in [-0.05, 0) is 19.8 Å². The first-order valence-electron chi connectivity index (χ1n) is 7.10. The molecule has 0 bridgehead atoms. The van der Waals surface area contributed by atoms with Gasteiger partial charge in [0.2, 0.25) is 5.91 Å². The number of fused-ring (bicyclic) bond motifs is 1. The lowest BCUT2D eigenvalue weighted by Gasteiger charge is -2.14. The number of hydrogen-bond donors (Lipinski definition) is 1. The fourth-order valence-electron chi connectivity index (χ4n) is 2.43. The van der Waals surface area contributed by atoms with Gasteiger partial charge in [0.25, 0.3) is 5.56 Å². The van der Waals surface area contributed by atoms with Crippen LogP contribution in [0.25, 0.3) is 0 Å². The van der Waals surface area contributed by atoms with Crippen molar-refractivity contribution in [3.8, 4) is 0 Å². The molecular weight excluding hydrogens is 274 g/mol. The Hall–Kier alpha value is -1.30. The van der Waals surface area contributed by atoms with Crippen LogP contribution in [0.5, 0.6) is 0 Å². The summed E-state index contributed by atoms with van der Waals surface area (Å²) in [6.45, 7) is 6.55. The largest absolute Gasteiger partial charge is 0.356 e. The molecule has 5 nitrogen and oxygen atoms in total. The van der Waals surface area contributed by atoms with Crippen molar-refractivity contribution in [3.05, 3.63) is 21.6 Å². The van der Waals surface area contributed by atoms with E-state index in [1.165, 1.54) is 0 Å². The Morgan fingerprint density at radius 1 is 1.50 bits per heavy atom. The Balaban J connectivity index is 2.24. The SMILES string of the molecule is CCCNC(=O)CC1CSc2nc(C)c(CC)c(=O)n21. The minimum Gasteiger partial charge on any atom is -0.356 e. The topological polar surface area (TPSA) is 64.0 Å². The zero-order valence-electron chi connectivity index (χ0n) is 12.2. The number of aromatic nitrogens is 2. The second kappa shape index (κ2) is 6.43. The molecule has 0 aromatic carbocycles. The second-order valence-electron chi connectivity index (χ2n) is 5.01. The molecule has 1 aromatic heterocycles. The van der Waals surface area contributed by atoms with Crippen molar-refractivity contribution < 1.29 is 4.79 Å². The van der Waals surface area contributed by atoms with Gasteiger partial charge in [-0.3, -0.25) is 14.2 Å². The highest BCUT2D eigenvalue weighted by molar-refractivity contribution is 7.99. The molecule has 2 rings (SSSR count). The van der Waals surface area contributed by atoms with Crippen LogP contribution in [0.1, 0.15) is 44.0 Å². The molecule has 0 radical (unpaired) electrons. The molecule has 6 heteroatoms. The summed E-state index contributed by atoms with van der Waals surface area (Å²) in [6.07, 6.45) is 1.95. The van der Waals surface area contributed by atoms with Gasteiger partial charge >= 0.3 is 0 Å². The summed E-state index contributed by atoms with van der Waals surface area (Å²) < 4.78 is 1.71. The molecule has 1 N–H and O–H groups in total. The van der Waals surface area contributed by atoms with E-state index in [2.05, 4.69) is 10.3 Å². The molecule has 1 amide bonds. The molecule has 1 atom stereocenters. The van der Waals surface area contributed by atoms with E-state index in [0.717, 1.165) is 28.6 Å². The first-order chi connectivity index (χ1) is 9.58. The summed E-state index contributed by atoms with van der Waals surface area (Å²) in [7, 11) is 0. The molecule has 20 heavy (non-hydrogen) atoms. The lowest BCUT2D eigenvalue weighted by Crippen LogP contribution is -2.32. The predicted octanol–water partition coefficient (Wildman–Crippen LogP) is 1.68. The van der Waals surface area contributed by atoms with E-state index in [1.54, 1.807) is 16.3 Å². The lowest BCUT2D eigenvalue weighted by molar-refractivity contribution is -0.121. The van der Waals surface area contributed by atoms with Gasteiger partial charge in [0.1, 0.15) is 0 Å². The van der Waals surface area contributed by atoms with E-state index in [0.29, 0.717) is 19.4 Å². The number of thioether (sulfide) groups is 1. The summed E-state index contributed by atoms with van der Waals surface area (Å²) in [5.41, 5.74) is 1.59. The maximum atomic E-state index is 12.5. The standard InChI is InChI=1S/C14H21N3O2S/c1-4-6-15-12(18)7-10-8-20-14-16-9(3)11(5-2)13(19)17(10)14/h10H,4-8H2,1-3H3,(H,15,18). The van der Waals surface area contributed by atoms with Crippen LogP contribution in [-0.2, 0) is 11.2 Å². The maximum Gasteiger partial charge on any atom is 0.257 e. The van der Waals surface area contributed by atoms with Gasteiger partial charge in [-0.15, -0.1) is 0 Å². The molecule has 1 unspecified atom stereocenters. The van der Waals surface area contributed by atoms with Crippen molar-refractivity contribution in [1.29, 1.82) is 0 Å². The molecule has 1 aliphatic heterocycles. The quantitative estimate of drug-likeness (QED) is 0.839. The van der Waals surface area contributed by atoms with E-state index in [4.69, 9.17) is 0 Å². The Labute approximate surface area is 123 Å². The van der Waals surface area contributed by atoms with Crippen molar-refractivity contribution in [2.75, 3.05) is 12.3 Å². The highest BCUT2D eigenvalue weighted by Crippen LogP contribution is 2.32. The highest BCUT2D eigenvalue weighted by Gasteiger charge is 2.28. The summed E-state index contributed by atoms with van der Waals surface area (Å²) in [5.74, 6) is 0.754. The third kappa shape index (κ3) is 2.90. The van der Waals surface area contributed by atoms with Gasteiger partial charge in [0.15, 0.2) is 5.16 Å². The number of amides is 1. The molecule has 0 saturated heterocycles. The van der Waals surface area contributed by atoms with Crippen molar-refractivity contribution >= 4 is 17.7 Å². The average molecular weight is 295 g/mol. The molecule has 0 aliphatic carbocycles. The summed E-state index contributed by atoms with van der Waals surface area (Å²) in [6, 6.07) is -0.0715. The number of nitrogens with one attached hydrogen (secondary N) is 1. The third-order valence-corrected chi connectivity index (χ3v) is 4.60. The van der Waals surface area contributed by atoms with Gasteiger partial charge in [-0.25, -0.2) is 4.98 Å². The summed E-state index contributed by atoms with van der Waals surface area (Å²) >= 11 is 1.56. The molecule has 0 spiro atoms. The Morgan fingerprint density at radius 3 is 2.90 bits per heavy atom. The Morgan fingerprint density at radius 2 is 2.25 bits per heavy atom. The van der Waals surface area contributed by atoms with Gasteiger partial charge in [-0.2, -0.15) is 0 Å². The normalized spacial score (nSPS) is 17.1. The van der Waals surface area contributed by atoms with Gasteiger partial charge in [-0.1, -0.05) is 25.6 Å². The van der Waals surface area contributed by atoms with E-state index >= 15 is 0 Å². The van der Waals surface area contributed by atoms with Crippen LogP contribution >= 0.6 is 11.8 Å². The summed E-state index contributed by atoms with van der Waals surface area (Å²) in [5, 5.41) is 3.61. The van der Waals surface area contributed by atoms with Crippen molar-refractivity contribution in [2.45, 2.75) is 51.2 Å². The lowest BCUT2D eigenvalue weighted by atomic mass is 10.1. The van der Waals surface area contributed by atoms with Crippen LogP contribution in [0.3, 0.4) is 0 Å². The number of carbonyl (C=O) groups excluding carboxylic acids is 1. The molecule has 1 aromatic rings. The van der Waals surface area contributed by atoms with Crippen molar-refractivity contribution in [1.82, 2.24) is 14.9 Å². The molecule has 2 heterocycles. The summed E-state index contributed by atoms with van der Waals surface area (Å²) in [4.78, 5) is 28.8. The first-order valence-corrected chi connectivity index (χ1v) is 8.08. The average Bonchev–Trinajstić information content (AvgIpc) is 2.79. The first kappa shape index (κ1) is 15.1. The van der Waals surface area contributed by atoms with Crippen LogP contribution in [0, 0.1) is 6.92 Å². The molecule has 1 aliphatic rings. The third-order valence-electron chi connectivity index (χ3n) is 3.50. The number of aryl methyl sites for hydroxylation is 1. The Kier molecular flexibility index (Phi) is 4.86. The predicted molar refractivity (Wildman–Crippen MR) is 80.3 cm³/mol. The molecule has 0 fully saturated rings. The van der Waals surface area contributed by atoms with E-state index < -0.39 is 0 Å². The van der Waals surface area contributed by atoms with Crippen molar-refractivity contribution in [3.63, 3.8) is 0 Å². The maximum absolute atomic E-state index is 12.5. The number of carbonyl (C=O) groups is 1. The molecular formula is C14H21N3O2S. The number of rotatable bonds is 5. The fourth-order valence-corrected chi connectivity index (χ4v) is 3.61. The van der Waals surface area contributed by atoms with Gasteiger partial charge < -0.3 is 5.32 Å². The van der Waals surface area contributed by atoms with Crippen molar-refractivity contribution in [2.24, 2.45) is 0 Å². The smallest absolute Gasteiger partial charge is 0.257 e. The zero-order chi connectivity index (χ0) is 14.7. The monoisotopic (exact) mass is 295 g/mol. The minimum atomic E-state index is -0.0715. The van der Waals surface area contributed by atoms with Crippen LogP contribution in [-0.4, -0.2) is 27.8 Å². The number of hydrogen-bond acceptors (Lipinski definition) is 4. The van der Waals surface area contributed by atoms with Crippen LogP contribution in [0.4, 0.5) is 0 Å². The van der Waals surface area contributed by atoms with Crippen LogP contribution in [0.2, 0.25) is 0 Å². The number of nitrogens with zero attached hydrogens (tertiary/aromatic N) is 2. The van der Waals surface area contributed by atoms with Crippen LogP contribution in [0.15, 0.2) is 9.95 Å². The zero-order valence-corrected chi connectivity index (χ0v) is 13.0. The minimum absolute atomic E-state index is 0.0100.